The number of benzene rings is 2. The van der Waals surface area contributed by atoms with E-state index in [1.807, 2.05) is 0 Å². The van der Waals surface area contributed by atoms with Gasteiger partial charge in [0, 0.05) is 19.0 Å². The Balaban J connectivity index is 1.94. The van der Waals surface area contributed by atoms with Crippen LogP contribution in [0.1, 0.15) is 12.5 Å². The second-order valence-electron chi connectivity index (χ2n) is 5.29. The van der Waals surface area contributed by atoms with Gasteiger partial charge in [-0.3, -0.25) is 9.59 Å². The molecule has 1 N–H and O–H groups in total. The molecule has 2 aromatic carbocycles. The molecule has 0 radical (unpaired) electrons. The van der Waals surface area contributed by atoms with E-state index in [2.05, 4.69) is 5.32 Å². The van der Waals surface area contributed by atoms with Crippen LogP contribution < -0.4 is 5.32 Å². The molecule has 0 aliphatic carbocycles. The third-order valence-corrected chi connectivity index (χ3v) is 3.62. The van der Waals surface area contributed by atoms with Crippen molar-refractivity contribution in [2.75, 3.05) is 5.32 Å². The number of amides is 1. The van der Waals surface area contributed by atoms with E-state index in [9.17, 15) is 18.4 Å². The lowest BCUT2D eigenvalue weighted by Crippen LogP contribution is -2.37. The van der Waals surface area contributed by atoms with Gasteiger partial charge in [-0.05, 0) is 41.0 Å². The molecule has 0 fully saturated rings. The minimum Gasteiger partial charge on any atom is -0.452 e. The van der Waals surface area contributed by atoms with E-state index >= 15 is 0 Å². The SMILES string of the molecule is CC(=O)OC1Cc2cc(-c3ccc(F)c(F)c3)ccc2NC1=O. The van der Waals surface area contributed by atoms with Crippen LogP contribution in [0.15, 0.2) is 36.4 Å². The van der Waals surface area contributed by atoms with Crippen molar-refractivity contribution in [1.29, 1.82) is 0 Å². The molecule has 0 bridgehead atoms. The molecule has 4 nitrogen and oxygen atoms in total. The number of hydrogen-bond donors (Lipinski definition) is 1. The average molecular weight is 317 g/mol. The zero-order chi connectivity index (χ0) is 16.6. The van der Waals surface area contributed by atoms with Crippen molar-refractivity contribution >= 4 is 17.6 Å². The fraction of sp³-hybridized carbons (Fsp3) is 0.176. The van der Waals surface area contributed by atoms with Gasteiger partial charge in [0.1, 0.15) is 0 Å². The van der Waals surface area contributed by atoms with E-state index in [-0.39, 0.29) is 12.3 Å². The number of ether oxygens (including phenoxy) is 1. The molecule has 1 heterocycles. The summed E-state index contributed by atoms with van der Waals surface area (Å²) in [5.41, 5.74) is 2.58. The minimum atomic E-state index is -0.925. The summed E-state index contributed by atoms with van der Waals surface area (Å²) >= 11 is 0. The summed E-state index contributed by atoms with van der Waals surface area (Å²) in [5.74, 6) is -2.75. The number of carbonyl (C=O) groups is 2. The van der Waals surface area contributed by atoms with Gasteiger partial charge in [0.05, 0.1) is 0 Å². The van der Waals surface area contributed by atoms with Crippen LogP contribution in [0.5, 0.6) is 0 Å². The van der Waals surface area contributed by atoms with Crippen molar-refractivity contribution in [2.45, 2.75) is 19.4 Å². The zero-order valence-corrected chi connectivity index (χ0v) is 12.2. The van der Waals surface area contributed by atoms with E-state index in [0.717, 1.165) is 17.7 Å². The minimum absolute atomic E-state index is 0.234. The summed E-state index contributed by atoms with van der Waals surface area (Å²) in [6.07, 6.45) is -0.654. The molecule has 118 valence electrons. The van der Waals surface area contributed by atoms with Crippen LogP contribution in [0.25, 0.3) is 11.1 Å². The Hall–Kier alpha value is -2.76. The molecule has 3 rings (SSSR count). The van der Waals surface area contributed by atoms with Crippen molar-refractivity contribution in [3.8, 4) is 11.1 Å². The second kappa shape index (κ2) is 5.79. The van der Waals surface area contributed by atoms with Crippen molar-refractivity contribution in [1.82, 2.24) is 0 Å². The predicted octanol–water partition coefficient (Wildman–Crippen LogP) is 3.06. The lowest BCUT2D eigenvalue weighted by atomic mass is 9.95. The van der Waals surface area contributed by atoms with Gasteiger partial charge < -0.3 is 10.1 Å². The lowest BCUT2D eigenvalue weighted by molar-refractivity contribution is -0.152. The van der Waals surface area contributed by atoms with Gasteiger partial charge in [-0.25, -0.2) is 8.78 Å². The van der Waals surface area contributed by atoms with Gasteiger partial charge in [0.2, 0.25) is 0 Å². The van der Waals surface area contributed by atoms with Crippen LogP contribution in [0.2, 0.25) is 0 Å². The van der Waals surface area contributed by atoms with Gasteiger partial charge in [-0.2, -0.15) is 0 Å². The standard InChI is InChI=1S/C17H13F2NO3/c1-9(21)23-16-8-12-6-10(3-5-15(12)20-17(16)22)11-2-4-13(18)14(19)7-11/h2-7,16H,8H2,1H3,(H,20,22). The first kappa shape index (κ1) is 15.1. The third kappa shape index (κ3) is 3.06. The Morgan fingerprint density at radius 2 is 1.83 bits per heavy atom. The van der Waals surface area contributed by atoms with Gasteiger partial charge in [-0.15, -0.1) is 0 Å². The van der Waals surface area contributed by atoms with E-state index < -0.39 is 23.7 Å². The number of carbonyl (C=O) groups excluding carboxylic acids is 2. The maximum Gasteiger partial charge on any atom is 0.303 e. The Labute approximate surface area is 131 Å². The highest BCUT2D eigenvalue weighted by atomic mass is 19.2. The second-order valence-corrected chi connectivity index (χ2v) is 5.29. The molecule has 1 aliphatic heterocycles. The molecule has 6 heteroatoms. The smallest absolute Gasteiger partial charge is 0.303 e. The molecule has 0 aromatic heterocycles. The molecule has 1 atom stereocenters. The fourth-order valence-electron chi connectivity index (χ4n) is 2.54. The molecule has 23 heavy (non-hydrogen) atoms. The van der Waals surface area contributed by atoms with E-state index in [4.69, 9.17) is 4.74 Å². The van der Waals surface area contributed by atoms with Crippen molar-refractivity contribution in [3.63, 3.8) is 0 Å². The Kier molecular flexibility index (Phi) is 3.82. The number of esters is 1. The highest BCUT2D eigenvalue weighted by molar-refractivity contribution is 5.98. The number of rotatable bonds is 2. The monoisotopic (exact) mass is 317 g/mol. The summed E-state index contributed by atoms with van der Waals surface area (Å²) in [4.78, 5) is 22.9. The zero-order valence-electron chi connectivity index (χ0n) is 12.2. The first-order chi connectivity index (χ1) is 10.9. The lowest BCUT2D eigenvalue weighted by Gasteiger charge is -2.24. The molecule has 0 saturated carbocycles. The maximum atomic E-state index is 13.4. The molecular weight excluding hydrogens is 304 g/mol. The molecule has 2 aromatic rings. The van der Waals surface area contributed by atoms with Crippen LogP contribution in [0.3, 0.4) is 0 Å². The Morgan fingerprint density at radius 1 is 1.13 bits per heavy atom. The highest BCUT2D eigenvalue weighted by Gasteiger charge is 2.28. The Bertz CT molecular complexity index is 804. The van der Waals surface area contributed by atoms with Gasteiger partial charge in [-0.1, -0.05) is 12.1 Å². The average Bonchev–Trinajstić information content (AvgIpc) is 2.50. The Morgan fingerprint density at radius 3 is 2.52 bits per heavy atom. The summed E-state index contributed by atoms with van der Waals surface area (Å²) in [6.45, 7) is 1.24. The molecule has 0 saturated heterocycles. The molecule has 1 unspecified atom stereocenters. The summed E-state index contributed by atoms with van der Waals surface area (Å²) in [7, 11) is 0. The number of halogens is 2. The number of hydrogen-bond acceptors (Lipinski definition) is 3. The van der Waals surface area contributed by atoms with Crippen LogP contribution >= 0.6 is 0 Å². The van der Waals surface area contributed by atoms with E-state index in [1.54, 1.807) is 18.2 Å². The molecule has 1 amide bonds. The first-order valence-electron chi connectivity index (χ1n) is 7.00. The van der Waals surface area contributed by atoms with Crippen molar-refractivity contribution < 1.29 is 23.1 Å². The first-order valence-corrected chi connectivity index (χ1v) is 7.00. The summed E-state index contributed by atoms with van der Waals surface area (Å²) in [6, 6.07) is 8.81. The largest absolute Gasteiger partial charge is 0.452 e. The predicted molar refractivity (Wildman–Crippen MR) is 79.7 cm³/mol. The number of nitrogens with one attached hydrogen (secondary N) is 1. The molecular formula is C17H13F2NO3. The topological polar surface area (TPSA) is 55.4 Å². The third-order valence-electron chi connectivity index (χ3n) is 3.62. The fourth-order valence-corrected chi connectivity index (χ4v) is 2.54. The molecule has 0 spiro atoms. The summed E-state index contributed by atoms with van der Waals surface area (Å²) in [5, 5.41) is 2.66. The van der Waals surface area contributed by atoms with E-state index in [1.165, 1.54) is 13.0 Å². The van der Waals surface area contributed by atoms with Crippen molar-refractivity contribution in [2.24, 2.45) is 0 Å². The van der Waals surface area contributed by atoms with Gasteiger partial charge in [0.15, 0.2) is 17.7 Å². The summed E-state index contributed by atoms with van der Waals surface area (Å²) < 4.78 is 31.4. The van der Waals surface area contributed by atoms with Gasteiger partial charge >= 0.3 is 5.97 Å². The number of anilines is 1. The number of fused-ring (bicyclic) bond motifs is 1. The van der Waals surface area contributed by atoms with E-state index in [0.29, 0.717) is 16.8 Å². The van der Waals surface area contributed by atoms with Crippen LogP contribution in [0.4, 0.5) is 14.5 Å². The quantitative estimate of drug-likeness (QED) is 0.866. The van der Waals surface area contributed by atoms with Crippen molar-refractivity contribution in [3.05, 3.63) is 53.6 Å². The van der Waals surface area contributed by atoms with Crippen LogP contribution in [-0.4, -0.2) is 18.0 Å². The maximum absolute atomic E-state index is 13.4. The van der Waals surface area contributed by atoms with Crippen LogP contribution in [0, 0.1) is 11.6 Å². The molecule has 1 aliphatic rings. The highest BCUT2D eigenvalue weighted by Crippen LogP contribution is 2.30. The van der Waals surface area contributed by atoms with Crippen LogP contribution in [-0.2, 0) is 20.7 Å². The van der Waals surface area contributed by atoms with Gasteiger partial charge in [0.25, 0.3) is 5.91 Å². The normalized spacial score (nSPS) is 16.5.